The van der Waals surface area contributed by atoms with E-state index in [-0.39, 0.29) is 5.75 Å². The standard InChI is InChI=1S/C13H20ClN3O2S/c1-15-20(18,19)11-12-5-7-13(8-6-12)17-16-10-4-2-3-9-14/h5-8,10,15,17H,2-4,9,11H2,1H3/b16-10+. The summed E-state index contributed by atoms with van der Waals surface area (Å²) in [5, 5.41) is 4.09. The molecule has 0 radical (unpaired) electrons. The Balaban J connectivity index is 2.43. The van der Waals surface area contributed by atoms with E-state index in [2.05, 4.69) is 15.2 Å². The number of benzene rings is 1. The highest BCUT2D eigenvalue weighted by molar-refractivity contribution is 7.88. The lowest BCUT2D eigenvalue weighted by Gasteiger charge is -2.04. The summed E-state index contributed by atoms with van der Waals surface area (Å²) < 4.78 is 25.1. The van der Waals surface area contributed by atoms with Crippen LogP contribution >= 0.6 is 11.6 Å². The molecule has 0 unspecified atom stereocenters. The van der Waals surface area contributed by atoms with Gasteiger partial charge in [0, 0.05) is 12.1 Å². The van der Waals surface area contributed by atoms with Crippen LogP contribution in [0.1, 0.15) is 24.8 Å². The first-order valence-electron chi connectivity index (χ1n) is 6.41. The van der Waals surface area contributed by atoms with Crippen LogP contribution in [-0.4, -0.2) is 27.6 Å². The number of unbranched alkanes of at least 4 members (excludes halogenated alkanes) is 2. The molecule has 0 aliphatic rings. The molecule has 0 saturated carbocycles. The maximum absolute atomic E-state index is 11.4. The van der Waals surface area contributed by atoms with Gasteiger partial charge >= 0.3 is 0 Å². The van der Waals surface area contributed by atoms with Gasteiger partial charge in [0.05, 0.1) is 11.4 Å². The largest absolute Gasteiger partial charge is 0.279 e. The van der Waals surface area contributed by atoms with Gasteiger partial charge in [-0.05, 0) is 44.0 Å². The third kappa shape index (κ3) is 6.88. The average Bonchev–Trinajstić information content (AvgIpc) is 2.44. The summed E-state index contributed by atoms with van der Waals surface area (Å²) >= 11 is 5.57. The van der Waals surface area contributed by atoms with Crippen molar-refractivity contribution in [1.29, 1.82) is 0 Å². The number of hydrogen-bond donors (Lipinski definition) is 2. The van der Waals surface area contributed by atoms with E-state index in [9.17, 15) is 8.42 Å². The normalized spacial score (nSPS) is 11.9. The number of nitrogens with zero attached hydrogens (tertiary/aromatic N) is 1. The van der Waals surface area contributed by atoms with Crippen molar-refractivity contribution in [2.75, 3.05) is 18.4 Å². The second-order valence-electron chi connectivity index (χ2n) is 4.27. The molecule has 2 N–H and O–H groups in total. The van der Waals surface area contributed by atoms with Gasteiger partial charge in [0.15, 0.2) is 0 Å². The Labute approximate surface area is 125 Å². The summed E-state index contributed by atoms with van der Waals surface area (Å²) in [4.78, 5) is 0. The van der Waals surface area contributed by atoms with Gasteiger partial charge in [0.1, 0.15) is 0 Å². The molecule has 7 heteroatoms. The number of rotatable bonds is 9. The third-order valence-corrected chi connectivity index (χ3v) is 4.23. The molecule has 0 aliphatic heterocycles. The van der Waals surface area contributed by atoms with Crippen molar-refractivity contribution in [2.24, 2.45) is 5.10 Å². The Morgan fingerprint density at radius 1 is 1.25 bits per heavy atom. The molecule has 0 aromatic heterocycles. The van der Waals surface area contributed by atoms with E-state index in [4.69, 9.17) is 11.6 Å². The second kappa shape index (κ2) is 8.94. The highest BCUT2D eigenvalue weighted by Gasteiger charge is 2.07. The van der Waals surface area contributed by atoms with E-state index in [1.807, 2.05) is 6.21 Å². The zero-order valence-electron chi connectivity index (χ0n) is 11.5. The fourth-order valence-corrected chi connectivity index (χ4v) is 2.45. The maximum atomic E-state index is 11.4. The first-order valence-corrected chi connectivity index (χ1v) is 8.60. The molecule has 5 nitrogen and oxygen atoms in total. The number of halogens is 1. The van der Waals surface area contributed by atoms with Crippen LogP contribution in [0.5, 0.6) is 0 Å². The van der Waals surface area contributed by atoms with Crippen molar-refractivity contribution in [2.45, 2.75) is 25.0 Å². The van der Waals surface area contributed by atoms with Gasteiger partial charge in [-0.2, -0.15) is 5.10 Å². The molecule has 1 rings (SSSR count). The Hall–Kier alpha value is -1.11. The van der Waals surface area contributed by atoms with Gasteiger partial charge in [0.25, 0.3) is 0 Å². The molecule has 112 valence electrons. The van der Waals surface area contributed by atoms with Crippen molar-refractivity contribution >= 4 is 33.5 Å². The summed E-state index contributed by atoms with van der Waals surface area (Å²) in [5.74, 6) is 0.656. The molecule has 0 atom stereocenters. The number of nitrogens with one attached hydrogen (secondary N) is 2. The summed E-state index contributed by atoms with van der Waals surface area (Å²) in [6, 6.07) is 7.13. The first-order chi connectivity index (χ1) is 9.57. The number of alkyl halides is 1. The van der Waals surface area contributed by atoms with Crippen LogP contribution in [0, 0.1) is 0 Å². The molecule has 1 aromatic rings. The molecule has 0 bridgehead atoms. The predicted octanol–water partition coefficient (Wildman–Crippen LogP) is 2.54. The van der Waals surface area contributed by atoms with Crippen LogP contribution < -0.4 is 10.1 Å². The fourth-order valence-electron chi connectivity index (χ4n) is 1.48. The zero-order valence-corrected chi connectivity index (χ0v) is 13.0. The Bertz CT molecular complexity index is 515. The lowest BCUT2D eigenvalue weighted by Crippen LogP contribution is -2.20. The lowest BCUT2D eigenvalue weighted by molar-refractivity contribution is 0.587. The number of anilines is 1. The number of hydrogen-bond acceptors (Lipinski definition) is 4. The topological polar surface area (TPSA) is 70.6 Å². The monoisotopic (exact) mass is 317 g/mol. The van der Waals surface area contributed by atoms with Gasteiger partial charge in [-0.1, -0.05) is 12.1 Å². The molecule has 0 spiro atoms. The Morgan fingerprint density at radius 2 is 1.95 bits per heavy atom. The molecule has 0 heterocycles. The van der Waals surface area contributed by atoms with Crippen molar-refractivity contribution < 1.29 is 8.42 Å². The summed E-state index contributed by atoms with van der Waals surface area (Å²) in [5.41, 5.74) is 4.45. The highest BCUT2D eigenvalue weighted by atomic mass is 35.5. The van der Waals surface area contributed by atoms with Crippen LogP contribution in [0.25, 0.3) is 0 Å². The van der Waals surface area contributed by atoms with Crippen LogP contribution in [0.15, 0.2) is 29.4 Å². The zero-order chi connectivity index (χ0) is 14.8. The third-order valence-electron chi connectivity index (χ3n) is 2.62. The van der Waals surface area contributed by atoms with Crippen LogP contribution in [0.2, 0.25) is 0 Å². The SMILES string of the molecule is CNS(=O)(=O)Cc1ccc(N/N=C/CCCCCl)cc1. The molecule has 1 aromatic carbocycles. The van der Waals surface area contributed by atoms with E-state index < -0.39 is 10.0 Å². The quantitative estimate of drug-likeness (QED) is 0.318. The number of sulfonamides is 1. The lowest BCUT2D eigenvalue weighted by atomic mass is 10.2. The van der Waals surface area contributed by atoms with E-state index >= 15 is 0 Å². The van der Waals surface area contributed by atoms with Gasteiger partial charge < -0.3 is 0 Å². The van der Waals surface area contributed by atoms with Crippen LogP contribution in [0.3, 0.4) is 0 Å². The Morgan fingerprint density at radius 3 is 2.55 bits per heavy atom. The second-order valence-corrected chi connectivity index (χ2v) is 6.57. The van der Waals surface area contributed by atoms with Gasteiger partial charge in [0.2, 0.25) is 10.0 Å². The van der Waals surface area contributed by atoms with Gasteiger partial charge in [-0.25, -0.2) is 13.1 Å². The van der Waals surface area contributed by atoms with Crippen molar-refractivity contribution in [1.82, 2.24) is 4.72 Å². The molecule has 0 amide bonds. The van der Waals surface area contributed by atoms with Crippen LogP contribution in [-0.2, 0) is 15.8 Å². The molecular weight excluding hydrogens is 298 g/mol. The minimum absolute atomic E-state index is 0.0223. The van der Waals surface area contributed by atoms with E-state index in [1.165, 1.54) is 7.05 Å². The highest BCUT2D eigenvalue weighted by Crippen LogP contribution is 2.11. The molecule has 20 heavy (non-hydrogen) atoms. The summed E-state index contributed by atoms with van der Waals surface area (Å²) in [6.07, 6.45) is 4.71. The fraction of sp³-hybridized carbons (Fsp3) is 0.462. The maximum Gasteiger partial charge on any atom is 0.215 e. The van der Waals surface area contributed by atoms with Crippen molar-refractivity contribution in [3.05, 3.63) is 29.8 Å². The molecular formula is C13H20ClN3O2S. The average molecular weight is 318 g/mol. The summed E-state index contributed by atoms with van der Waals surface area (Å²) in [6.45, 7) is 0. The summed E-state index contributed by atoms with van der Waals surface area (Å²) in [7, 11) is -1.82. The molecule has 0 saturated heterocycles. The van der Waals surface area contributed by atoms with Crippen LogP contribution in [0.4, 0.5) is 5.69 Å². The first kappa shape index (κ1) is 16.9. The molecule has 0 aliphatic carbocycles. The van der Waals surface area contributed by atoms with Crippen molar-refractivity contribution in [3.8, 4) is 0 Å². The van der Waals surface area contributed by atoms with Gasteiger partial charge in [-0.3, -0.25) is 5.43 Å². The van der Waals surface area contributed by atoms with Crippen molar-refractivity contribution in [3.63, 3.8) is 0 Å². The minimum atomic E-state index is -3.23. The van der Waals surface area contributed by atoms with E-state index in [0.717, 1.165) is 30.5 Å². The Kier molecular flexibility index (Phi) is 7.58. The number of hydrazone groups is 1. The predicted molar refractivity (Wildman–Crippen MR) is 84.8 cm³/mol. The van der Waals surface area contributed by atoms with E-state index in [1.54, 1.807) is 24.3 Å². The molecule has 0 fully saturated rings. The van der Waals surface area contributed by atoms with Gasteiger partial charge in [-0.15, -0.1) is 11.6 Å². The smallest absolute Gasteiger partial charge is 0.215 e. The minimum Gasteiger partial charge on any atom is -0.279 e. The van der Waals surface area contributed by atoms with E-state index in [0.29, 0.717) is 5.88 Å².